The maximum absolute atomic E-state index is 14.3. The van der Waals surface area contributed by atoms with Gasteiger partial charge in [0.15, 0.2) is 27.1 Å². The van der Waals surface area contributed by atoms with Crippen LogP contribution in [0.4, 0.5) is 4.39 Å². The predicted octanol–water partition coefficient (Wildman–Crippen LogP) is 3.49. The number of halogens is 1. The molecular weight excluding hydrogens is 399 g/mol. The molecule has 7 nitrogen and oxygen atoms in total. The van der Waals surface area contributed by atoms with Crippen LogP contribution in [-0.4, -0.2) is 42.6 Å². The van der Waals surface area contributed by atoms with Crippen molar-refractivity contribution in [3.63, 3.8) is 0 Å². The van der Waals surface area contributed by atoms with Crippen molar-refractivity contribution in [1.29, 1.82) is 0 Å². The van der Waals surface area contributed by atoms with Gasteiger partial charge in [-0.05, 0) is 36.8 Å². The summed E-state index contributed by atoms with van der Waals surface area (Å²) in [6, 6.07) is 10.1. The topological polar surface area (TPSA) is 98.5 Å². The number of ether oxygens (including phenoxy) is 1. The van der Waals surface area contributed by atoms with E-state index in [9.17, 15) is 22.7 Å². The van der Waals surface area contributed by atoms with E-state index in [0.717, 1.165) is 6.26 Å². The van der Waals surface area contributed by atoms with Crippen molar-refractivity contribution in [2.45, 2.75) is 18.4 Å². The number of hydrogen-bond donors (Lipinski definition) is 1. The minimum Gasteiger partial charge on any atom is -0.494 e. The molecule has 29 heavy (non-hydrogen) atoms. The Hall–Kier alpha value is -3.20. The van der Waals surface area contributed by atoms with Crippen molar-refractivity contribution in [3.05, 3.63) is 54.0 Å². The summed E-state index contributed by atoms with van der Waals surface area (Å²) in [7, 11) is -2.04. The molecule has 1 heterocycles. The van der Waals surface area contributed by atoms with Crippen LogP contribution in [0.1, 0.15) is 17.4 Å². The number of aromatic nitrogens is 2. The molecule has 0 saturated heterocycles. The lowest BCUT2D eigenvalue weighted by molar-refractivity contribution is 0.0684. The van der Waals surface area contributed by atoms with Gasteiger partial charge in [-0.15, -0.1) is 0 Å². The number of benzene rings is 2. The Kier molecular flexibility index (Phi) is 5.43. The first kappa shape index (κ1) is 20.5. The fourth-order valence-corrected chi connectivity index (χ4v) is 3.70. The van der Waals surface area contributed by atoms with Crippen LogP contribution >= 0.6 is 0 Å². The van der Waals surface area contributed by atoms with E-state index in [4.69, 9.17) is 4.74 Å². The fraction of sp³-hybridized carbons (Fsp3) is 0.200. The molecule has 0 radical (unpaired) electrons. The van der Waals surface area contributed by atoms with Crippen molar-refractivity contribution >= 4 is 15.8 Å². The zero-order valence-corrected chi connectivity index (χ0v) is 16.8. The first-order chi connectivity index (χ1) is 13.7. The molecule has 9 heteroatoms. The minimum absolute atomic E-state index is 0.0348. The van der Waals surface area contributed by atoms with Crippen LogP contribution in [0.3, 0.4) is 0 Å². The molecule has 1 N–H and O–H groups in total. The number of carboxylic acids is 1. The van der Waals surface area contributed by atoms with Crippen molar-refractivity contribution in [2.24, 2.45) is 0 Å². The standard InChI is InChI=1S/C20H19FN2O5S/c1-4-23-19(20(24)25)17(13-7-10-16(28-2)15(21)11-13)18(22-23)12-5-8-14(9-6-12)29(3,26)27/h5-11H,4H2,1-3H3,(H,24,25). The minimum atomic E-state index is -3.38. The Morgan fingerprint density at radius 1 is 1.17 bits per heavy atom. The van der Waals surface area contributed by atoms with Gasteiger partial charge < -0.3 is 9.84 Å². The van der Waals surface area contributed by atoms with Crippen molar-refractivity contribution in [1.82, 2.24) is 9.78 Å². The molecule has 0 amide bonds. The number of carbonyl (C=O) groups is 1. The van der Waals surface area contributed by atoms with Crippen LogP contribution in [0.2, 0.25) is 0 Å². The van der Waals surface area contributed by atoms with Gasteiger partial charge in [0.05, 0.1) is 12.0 Å². The van der Waals surface area contributed by atoms with Gasteiger partial charge in [0.25, 0.3) is 0 Å². The van der Waals surface area contributed by atoms with E-state index in [1.807, 2.05) is 0 Å². The molecule has 152 valence electrons. The summed E-state index contributed by atoms with van der Waals surface area (Å²) >= 11 is 0. The fourth-order valence-electron chi connectivity index (χ4n) is 3.07. The molecule has 1 aromatic heterocycles. The van der Waals surface area contributed by atoms with Crippen LogP contribution in [0.25, 0.3) is 22.4 Å². The van der Waals surface area contributed by atoms with Gasteiger partial charge in [0, 0.05) is 23.9 Å². The predicted molar refractivity (Wildman–Crippen MR) is 105 cm³/mol. The first-order valence-corrected chi connectivity index (χ1v) is 10.5. The summed E-state index contributed by atoms with van der Waals surface area (Å²) in [6.07, 6.45) is 1.10. The Balaban J connectivity index is 2.28. The van der Waals surface area contributed by atoms with E-state index in [1.165, 1.54) is 36.1 Å². The van der Waals surface area contributed by atoms with Crippen LogP contribution in [-0.2, 0) is 16.4 Å². The highest BCUT2D eigenvalue weighted by Gasteiger charge is 2.25. The molecule has 0 aliphatic carbocycles. The van der Waals surface area contributed by atoms with Gasteiger partial charge in [-0.1, -0.05) is 18.2 Å². The third-order valence-electron chi connectivity index (χ3n) is 4.45. The molecule has 0 atom stereocenters. The molecule has 3 aromatic rings. The molecule has 0 unspecified atom stereocenters. The highest BCUT2D eigenvalue weighted by atomic mass is 32.2. The summed E-state index contributed by atoms with van der Waals surface area (Å²) in [5.41, 5.74) is 1.31. The highest BCUT2D eigenvalue weighted by molar-refractivity contribution is 7.90. The number of methoxy groups -OCH3 is 1. The third-order valence-corrected chi connectivity index (χ3v) is 5.58. The van der Waals surface area contributed by atoms with Gasteiger partial charge in [0.1, 0.15) is 5.69 Å². The smallest absolute Gasteiger partial charge is 0.354 e. The van der Waals surface area contributed by atoms with Crippen molar-refractivity contribution in [3.8, 4) is 28.1 Å². The summed E-state index contributed by atoms with van der Waals surface area (Å²) < 4.78 is 44.0. The summed E-state index contributed by atoms with van der Waals surface area (Å²) in [5.74, 6) is -1.80. The van der Waals surface area contributed by atoms with Crippen LogP contribution in [0.5, 0.6) is 5.75 Å². The van der Waals surface area contributed by atoms with Gasteiger partial charge in [0.2, 0.25) is 0 Å². The highest BCUT2D eigenvalue weighted by Crippen LogP contribution is 2.36. The quantitative estimate of drug-likeness (QED) is 0.658. The second-order valence-electron chi connectivity index (χ2n) is 6.34. The zero-order chi connectivity index (χ0) is 21.3. The van der Waals surface area contributed by atoms with E-state index < -0.39 is 21.6 Å². The molecular formula is C20H19FN2O5S. The van der Waals surface area contributed by atoms with E-state index in [0.29, 0.717) is 16.8 Å². The van der Waals surface area contributed by atoms with Gasteiger partial charge in [-0.2, -0.15) is 5.10 Å². The maximum atomic E-state index is 14.3. The third kappa shape index (κ3) is 3.86. The second-order valence-corrected chi connectivity index (χ2v) is 8.35. The summed E-state index contributed by atoms with van der Waals surface area (Å²) in [4.78, 5) is 12.1. The lowest BCUT2D eigenvalue weighted by Crippen LogP contribution is -2.09. The number of sulfone groups is 1. The normalized spacial score (nSPS) is 11.4. The molecule has 0 aliphatic rings. The second kappa shape index (κ2) is 7.67. The van der Waals surface area contributed by atoms with E-state index in [1.54, 1.807) is 25.1 Å². The number of aromatic carboxylic acids is 1. The lowest BCUT2D eigenvalue weighted by atomic mass is 9.98. The van der Waals surface area contributed by atoms with E-state index in [-0.39, 0.29) is 28.4 Å². The van der Waals surface area contributed by atoms with E-state index >= 15 is 0 Å². The molecule has 0 saturated carbocycles. The largest absolute Gasteiger partial charge is 0.494 e. The molecule has 0 fully saturated rings. The first-order valence-electron chi connectivity index (χ1n) is 8.65. The van der Waals surface area contributed by atoms with Crippen LogP contribution in [0.15, 0.2) is 47.4 Å². The Labute approximate surface area is 167 Å². The average molecular weight is 418 g/mol. The Bertz CT molecular complexity index is 1180. The zero-order valence-electron chi connectivity index (χ0n) is 16.0. The molecule has 2 aromatic carbocycles. The monoisotopic (exact) mass is 418 g/mol. The lowest BCUT2D eigenvalue weighted by Gasteiger charge is -2.08. The molecule has 3 rings (SSSR count). The SMILES string of the molecule is CCn1nc(-c2ccc(S(C)(=O)=O)cc2)c(-c2ccc(OC)c(F)c2)c1C(=O)O. The van der Waals surface area contributed by atoms with Crippen molar-refractivity contribution in [2.75, 3.05) is 13.4 Å². The number of aryl methyl sites for hydroxylation is 1. The Morgan fingerprint density at radius 2 is 1.79 bits per heavy atom. The average Bonchev–Trinajstić information content (AvgIpc) is 3.07. The number of rotatable bonds is 6. The van der Waals surface area contributed by atoms with E-state index in [2.05, 4.69) is 5.10 Å². The number of carboxylic acid groups (broad SMARTS) is 1. The molecule has 0 spiro atoms. The van der Waals surface area contributed by atoms with Crippen molar-refractivity contribution < 1.29 is 27.4 Å². The van der Waals surface area contributed by atoms with Crippen LogP contribution in [0, 0.1) is 5.82 Å². The Morgan fingerprint density at radius 3 is 2.28 bits per heavy atom. The van der Waals surface area contributed by atoms with Gasteiger partial charge in [-0.25, -0.2) is 17.6 Å². The van der Waals surface area contributed by atoms with Gasteiger partial charge >= 0.3 is 5.97 Å². The number of hydrogen-bond acceptors (Lipinski definition) is 5. The maximum Gasteiger partial charge on any atom is 0.354 e. The number of nitrogens with zero attached hydrogens (tertiary/aromatic N) is 2. The summed E-state index contributed by atoms with van der Waals surface area (Å²) in [5, 5.41) is 14.2. The molecule has 0 bridgehead atoms. The van der Waals surface area contributed by atoms with Gasteiger partial charge in [-0.3, -0.25) is 4.68 Å². The molecule has 0 aliphatic heterocycles. The summed E-state index contributed by atoms with van der Waals surface area (Å²) in [6.45, 7) is 2.03. The van der Waals surface area contributed by atoms with Crippen LogP contribution < -0.4 is 4.74 Å².